The SMILES string of the molecule is COCCN(CC(=O)O)C(=O)c1cc(Cl)ccc1F. The fourth-order valence-electron chi connectivity index (χ4n) is 1.45. The summed E-state index contributed by atoms with van der Waals surface area (Å²) < 4.78 is 18.3. The van der Waals surface area contributed by atoms with Crippen LogP contribution < -0.4 is 0 Å². The number of aliphatic carboxylic acids is 1. The van der Waals surface area contributed by atoms with E-state index in [9.17, 15) is 14.0 Å². The quantitative estimate of drug-likeness (QED) is 0.865. The number of hydrogen-bond donors (Lipinski definition) is 1. The molecule has 0 atom stereocenters. The van der Waals surface area contributed by atoms with Crippen molar-refractivity contribution in [2.24, 2.45) is 0 Å². The second-order valence-electron chi connectivity index (χ2n) is 3.74. The highest BCUT2D eigenvalue weighted by Gasteiger charge is 2.21. The van der Waals surface area contributed by atoms with Gasteiger partial charge >= 0.3 is 5.97 Å². The topological polar surface area (TPSA) is 66.8 Å². The maximum Gasteiger partial charge on any atom is 0.323 e. The highest BCUT2D eigenvalue weighted by molar-refractivity contribution is 6.31. The molecule has 1 aromatic carbocycles. The summed E-state index contributed by atoms with van der Waals surface area (Å²) in [5.74, 6) is -2.67. The smallest absolute Gasteiger partial charge is 0.323 e. The molecule has 0 heterocycles. The number of hydrogen-bond acceptors (Lipinski definition) is 3. The molecule has 0 saturated carbocycles. The fourth-order valence-corrected chi connectivity index (χ4v) is 1.62. The van der Waals surface area contributed by atoms with Crippen LogP contribution in [0.15, 0.2) is 18.2 Å². The van der Waals surface area contributed by atoms with Crippen LogP contribution >= 0.6 is 11.6 Å². The molecule has 1 amide bonds. The van der Waals surface area contributed by atoms with Crippen LogP contribution in [0, 0.1) is 5.82 Å². The van der Waals surface area contributed by atoms with Crippen molar-refractivity contribution in [3.05, 3.63) is 34.6 Å². The summed E-state index contributed by atoms with van der Waals surface area (Å²) in [7, 11) is 1.42. The third-order valence-electron chi connectivity index (χ3n) is 2.34. The minimum absolute atomic E-state index is 0.0492. The van der Waals surface area contributed by atoms with Gasteiger partial charge < -0.3 is 14.7 Å². The number of carbonyl (C=O) groups excluding carboxylic acids is 1. The van der Waals surface area contributed by atoms with Crippen molar-refractivity contribution in [2.75, 3.05) is 26.8 Å². The predicted molar refractivity (Wildman–Crippen MR) is 66.8 cm³/mol. The molecule has 0 aliphatic carbocycles. The average molecular weight is 290 g/mol. The molecule has 0 aromatic heterocycles. The number of methoxy groups -OCH3 is 1. The van der Waals surface area contributed by atoms with Crippen LogP contribution in [0.3, 0.4) is 0 Å². The third-order valence-corrected chi connectivity index (χ3v) is 2.57. The van der Waals surface area contributed by atoms with E-state index in [2.05, 4.69) is 0 Å². The van der Waals surface area contributed by atoms with Gasteiger partial charge in [0.1, 0.15) is 12.4 Å². The van der Waals surface area contributed by atoms with E-state index in [1.807, 2.05) is 0 Å². The van der Waals surface area contributed by atoms with Crippen molar-refractivity contribution < 1.29 is 23.8 Å². The predicted octanol–water partition coefficient (Wildman–Crippen LogP) is 1.65. The highest BCUT2D eigenvalue weighted by atomic mass is 35.5. The van der Waals surface area contributed by atoms with E-state index < -0.39 is 24.2 Å². The molecule has 19 heavy (non-hydrogen) atoms. The number of carbonyl (C=O) groups is 2. The number of ether oxygens (including phenoxy) is 1. The fraction of sp³-hybridized carbons (Fsp3) is 0.333. The summed E-state index contributed by atoms with van der Waals surface area (Å²) in [5.41, 5.74) is -0.259. The Hall–Kier alpha value is -1.66. The zero-order valence-corrected chi connectivity index (χ0v) is 11.0. The van der Waals surface area contributed by atoms with Crippen molar-refractivity contribution in [2.45, 2.75) is 0 Å². The van der Waals surface area contributed by atoms with E-state index in [-0.39, 0.29) is 23.7 Å². The van der Waals surface area contributed by atoms with Crippen molar-refractivity contribution in [3.63, 3.8) is 0 Å². The standard InChI is InChI=1S/C12H13ClFNO4/c1-19-5-4-15(7-11(16)17)12(18)9-6-8(13)2-3-10(9)14/h2-3,6H,4-5,7H2,1H3,(H,16,17). The molecule has 5 nitrogen and oxygen atoms in total. The van der Waals surface area contributed by atoms with Crippen molar-refractivity contribution in [1.29, 1.82) is 0 Å². The Morgan fingerprint density at radius 2 is 2.16 bits per heavy atom. The number of carboxylic acid groups (broad SMARTS) is 1. The van der Waals surface area contributed by atoms with Crippen LogP contribution in [-0.4, -0.2) is 48.7 Å². The zero-order chi connectivity index (χ0) is 14.4. The van der Waals surface area contributed by atoms with E-state index in [0.29, 0.717) is 0 Å². The second kappa shape index (κ2) is 7.06. The molecule has 1 aromatic rings. The van der Waals surface area contributed by atoms with Crippen LogP contribution in [0.1, 0.15) is 10.4 Å². The number of carboxylic acids is 1. The maximum absolute atomic E-state index is 13.6. The Morgan fingerprint density at radius 1 is 1.47 bits per heavy atom. The Labute approximate surface area is 114 Å². The molecule has 0 aliphatic heterocycles. The van der Waals surface area contributed by atoms with Gasteiger partial charge in [-0.25, -0.2) is 4.39 Å². The molecule has 0 unspecified atom stereocenters. The molecule has 0 spiro atoms. The van der Waals surface area contributed by atoms with E-state index in [4.69, 9.17) is 21.4 Å². The molecule has 0 radical (unpaired) electrons. The lowest BCUT2D eigenvalue weighted by molar-refractivity contribution is -0.137. The Morgan fingerprint density at radius 3 is 2.74 bits per heavy atom. The molecule has 104 valence electrons. The van der Waals surface area contributed by atoms with Gasteiger partial charge in [0.25, 0.3) is 5.91 Å². The normalized spacial score (nSPS) is 10.3. The Bertz CT molecular complexity index is 481. The average Bonchev–Trinajstić information content (AvgIpc) is 2.36. The van der Waals surface area contributed by atoms with E-state index >= 15 is 0 Å². The molecule has 0 bridgehead atoms. The van der Waals surface area contributed by atoms with Crippen LogP contribution in [0.4, 0.5) is 4.39 Å². The number of benzene rings is 1. The molecular formula is C12H13ClFNO4. The first-order valence-electron chi connectivity index (χ1n) is 5.40. The third kappa shape index (κ3) is 4.50. The maximum atomic E-state index is 13.6. The van der Waals surface area contributed by atoms with Crippen molar-refractivity contribution >= 4 is 23.5 Å². The first-order chi connectivity index (χ1) is 8.95. The van der Waals surface area contributed by atoms with Gasteiger partial charge in [0, 0.05) is 18.7 Å². The molecule has 0 aliphatic rings. The lowest BCUT2D eigenvalue weighted by atomic mass is 10.2. The monoisotopic (exact) mass is 289 g/mol. The minimum atomic E-state index is -1.19. The molecule has 0 saturated heterocycles. The molecule has 7 heteroatoms. The zero-order valence-electron chi connectivity index (χ0n) is 10.2. The van der Waals surface area contributed by atoms with Crippen molar-refractivity contribution in [3.8, 4) is 0 Å². The van der Waals surface area contributed by atoms with E-state index in [1.165, 1.54) is 19.2 Å². The number of rotatable bonds is 6. The molecule has 1 rings (SSSR count). The van der Waals surface area contributed by atoms with E-state index in [1.54, 1.807) is 0 Å². The number of amides is 1. The second-order valence-corrected chi connectivity index (χ2v) is 4.17. The lowest BCUT2D eigenvalue weighted by Gasteiger charge is -2.20. The largest absolute Gasteiger partial charge is 0.480 e. The van der Waals surface area contributed by atoms with Crippen LogP contribution in [0.5, 0.6) is 0 Å². The lowest BCUT2D eigenvalue weighted by Crippen LogP contribution is -2.38. The van der Waals surface area contributed by atoms with Gasteiger partial charge in [-0.05, 0) is 18.2 Å². The van der Waals surface area contributed by atoms with Crippen LogP contribution in [0.25, 0.3) is 0 Å². The Kier molecular flexibility index (Phi) is 5.72. The van der Waals surface area contributed by atoms with Gasteiger partial charge in [-0.1, -0.05) is 11.6 Å². The summed E-state index contributed by atoms with van der Waals surface area (Å²) in [5, 5.41) is 8.95. The van der Waals surface area contributed by atoms with Crippen LogP contribution in [-0.2, 0) is 9.53 Å². The highest BCUT2D eigenvalue weighted by Crippen LogP contribution is 2.16. The number of halogens is 2. The first-order valence-corrected chi connectivity index (χ1v) is 5.78. The molecule has 1 N–H and O–H groups in total. The van der Waals surface area contributed by atoms with Gasteiger partial charge in [0.2, 0.25) is 0 Å². The molecule has 0 fully saturated rings. The van der Waals surface area contributed by atoms with E-state index in [0.717, 1.165) is 11.0 Å². The first kappa shape index (κ1) is 15.4. The summed E-state index contributed by atoms with van der Waals surface area (Å²) in [6, 6.07) is 3.54. The van der Waals surface area contributed by atoms with Gasteiger partial charge in [0.15, 0.2) is 0 Å². The van der Waals surface area contributed by atoms with Gasteiger partial charge in [0.05, 0.1) is 12.2 Å². The summed E-state index contributed by atoms with van der Waals surface area (Å²) in [4.78, 5) is 23.8. The van der Waals surface area contributed by atoms with Crippen LogP contribution in [0.2, 0.25) is 5.02 Å². The summed E-state index contributed by atoms with van der Waals surface area (Å²) >= 11 is 5.70. The van der Waals surface area contributed by atoms with Gasteiger partial charge in [-0.15, -0.1) is 0 Å². The summed E-state index contributed by atoms with van der Waals surface area (Å²) in [6.07, 6.45) is 0. The van der Waals surface area contributed by atoms with Gasteiger partial charge in [-0.2, -0.15) is 0 Å². The molecular weight excluding hydrogens is 277 g/mol. The number of nitrogens with zero attached hydrogens (tertiary/aromatic N) is 1. The van der Waals surface area contributed by atoms with Crippen molar-refractivity contribution in [1.82, 2.24) is 4.90 Å². The van der Waals surface area contributed by atoms with Gasteiger partial charge in [-0.3, -0.25) is 9.59 Å². The summed E-state index contributed by atoms with van der Waals surface area (Å²) in [6.45, 7) is -0.330. The Balaban J connectivity index is 2.97. The minimum Gasteiger partial charge on any atom is -0.480 e.